The van der Waals surface area contributed by atoms with Crippen molar-refractivity contribution in [1.82, 2.24) is 9.62 Å². The van der Waals surface area contributed by atoms with Gasteiger partial charge in [0.25, 0.3) is 0 Å². The molecular weight excluding hydrogens is 348 g/mol. The summed E-state index contributed by atoms with van der Waals surface area (Å²) in [6, 6.07) is 8.29. The molecule has 1 N–H and O–H groups in total. The minimum Gasteiger partial charge on any atom is -0.598 e. The van der Waals surface area contributed by atoms with Crippen LogP contribution in [0, 0.1) is 5.41 Å². The van der Waals surface area contributed by atoms with Gasteiger partial charge in [0.2, 0.25) is 0 Å². The molecule has 1 saturated heterocycles. The number of fused-ring (bicyclic) bond motifs is 1. The summed E-state index contributed by atoms with van der Waals surface area (Å²) in [6.45, 7) is 12.8. The molecule has 0 radical (unpaired) electrons. The molecule has 2 atom stereocenters. The molecule has 1 aromatic rings. The van der Waals surface area contributed by atoms with Gasteiger partial charge in [0.15, 0.2) is 0 Å². The maximum atomic E-state index is 12.8. The lowest BCUT2D eigenvalue weighted by Crippen LogP contribution is -2.63. The van der Waals surface area contributed by atoms with E-state index in [1.807, 2.05) is 53.7 Å². The van der Waals surface area contributed by atoms with Gasteiger partial charge >= 0.3 is 6.09 Å². The van der Waals surface area contributed by atoms with E-state index in [1.54, 1.807) is 4.90 Å². The largest absolute Gasteiger partial charge is 0.598 e. The SMILES string of the molecule is CC(C)(C)OC(=O)N1CC2(Cc3ccccc3[C@H]2N[S+]([O-])C(C)(C)C)C1. The molecule has 1 fully saturated rings. The number of rotatable bonds is 2. The number of hydrogen-bond acceptors (Lipinski definition) is 4. The van der Waals surface area contributed by atoms with Crippen molar-refractivity contribution >= 4 is 17.5 Å². The third-order valence-electron chi connectivity index (χ3n) is 4.97. The molecular formula is C20H30N2O3S. The van der Waals surface area contributed by atoms with Crippen LogP contribution in [-0.2, 0) is 22.5 Å². The van der Waals surface area contributed by atoms with Crippen LogP contribution in [0.25, 0.3) is 0 Å². The summed E-state index contributed by atoms with van der Waals surface area (Å²) in [5, 5.41) is 0. The number of nitrogens with one attached hydrogen (secondary N) is 1. The van der Waals surface area contributed by atoms with E-state index in [1.165, 1.54) is 11.1 Å². The summed E-state index contributed by atoms with van der Waals surface area (Å²) >= 11 is -1.17. The van der Waals surface area contributed by atoms with Crippen molar-refractivity contribution < 1.29 is 14.1 Å². The number of carbonyl (C=O) groups excluding carboxylic acids is 1. The third-order valence-corrected chi connectivity index (χ3v) is 6.53. The molecule has 6 heteroatoms. The first-order chi connectivity index (χ1) is 11.9. The fraction of sp³-hybridized carbons (Fsp3) is 0.650. The molecule has 1 unspecified atom stereocenters. The van der Waals surface area contributed by atoms with E-state index in [2.05, 4.69) is 16.9 Å². The fourth-order valence-electron chi connectivity index (χ4n) is 3.72. The molecule has 1 aromatic carbocycles. The third kappa shape index (κ3) is 3.73. The summed E-state index contributed by atoms with van der Waals surface area (Å²) < 4.78 is 21.3. The Morgan fingerprint density at radius 1 is 1.23 bits per heavy atom. The summed E-state index contributed by atoms with van der Waals surface area (Å²) in [6.07, 6.45) is 0.622. The lowest BCUT2D eigenvalue weighted by Gasteiger charge is -2.51. The monoisotopic (exact) mass is 378 g/mol. The highest BCUT2D eigenvalue weighted by molar-refractivity contribution is 7.90. The molecule has 1 aliphatic heterocycles. The molecule has 2 aliphatic rings. The van der Waals surface area contributed by atoms with Crippen molar-refractivity contribution in [2.24, 2.45) is 5.41 Å². The van der Waals surface area contributed by atoms with Gasteiger partial charge in [-0.05, 0) is 59.1 Å². The molecule has 0 saturated carbocycles. The molecule has 1 amide bonds. The summed E-state index contributed by atoms with van der Waals surface area (Å²) in [7, 11) is 0. The van der Waals surface area contributed by atoms with Gasteiger partial charge in [0.1, 0.15) is 10.3 Å². The van der Waals surface area contributed by atoms with Crippen molar-refractivity contribution in [3.63, 3.8) is 0 Å². The Morgan fingerprint density at radius 2 is 1.85 bits per heavy atom. The van der Waals surface area contributed by atoms with Crippen LogP contribution in [0.1, 0.15) is 58.7 Å². The van der Waals surface area contributed by atoms with Gasteiger partial charge in [-0.2, -0.15) is 0 Å². The average molecular weight is 379 g/mol. The van der Waals surface area contributed by atoms with E-state index in [4.69, 9.17) is 4.74 Å². The Balaban J connectivity index is 1.78. The number of amides is 1. The highest BCUT2D eigenvalue weighted by atomic mass is 32.2. The van der Waals surface area contributed by atoms with Gasteiger partial charge in [-0.1, -0.05) is 24.3 Å². The van der Waals surface area contributed by atoms with Gasteiger partial charge < -0.3 is 14.2 Å². The number of likely N-dealkylation sites (tertiary alicyclic amines) is 1. The first-order valence-electron chi connectivity index (χ1n) is 9.15. The van der Waals surface area contributed by atoms with E-state index in [9.17, 15) is 9.35 Å². The van der Waals surface area contributed by atoms with Crippen molar-refractivity contribution in [3.05, 3.63) is 35.4 Å². The van der Waals surface area contributed by atoms with Crippen molar-refractivity contribution in [2.75, 3.05) is 13.1 Å². The topological polar surface area (TPSA) is 64.6 Å². The molecule has 1 aliphatic carbocycles. The lowest BCUT2D eigenvalue weighted by atomic mass is 9.74. The van der Waals surface area contributed by atoms with Crippen molar-refractivity contribution in [1.29, 1.82) is 0 Å². The zero-order valence-corrected chi connectivity index (χ0v) is 17.4. The van der Waals surface area contributed by atoms with E-state index in [-0.39, 0.29) is 22.3 Å². The van der Waals surface area contributed by atoms with Crippen LogP contribution in [0.15, 0.2) is 24.3 Å². The zero-order chi connectivity index (χ0) is 19.3. The standard InChI is InChI=1S/C20H30N2O3S/c1-18(2,3)25-17(23)22-12-20(13-22)11-14-9-7-8-10-15(14)16(20)21-26(24)19(4,5)6/h7-10,16,21H,11-13H2,1-6H3/t16-,26?/m1/s1. The normalized spacial score (nSPS) is 22.7. The van der Waals surface area contributed by atoms with Crippen LogP contribution in [0.4, 0.5) is 4.79 Å². The minimum absolute atomic E-state index is 0.0163. The highest BCUT2D eigenvalue weighted by Gasteiger charge is 2.57. The van der Waals surface area contributed by atoms with Crippen LogP contribution >= 0.6 is 0 Å². The van der Waals surface area contributed by atoms with Crippen LogP contribution in [0.3, 0.4) is 0 Å². The van der Waals surface area contributed by atoms with Crippen molar-refractivity contribution in [2.45, 2.75) is 64.4 Å². The Morgan fingerprint density at radius 3 is 2.42 bits per heavy atom. The Kier molecular flexibility index (Phi) is 4.83. The predicted molar refractivity (Wildman–Crippen MR) is 104 cm³/mol. The second-order valence-corrected chi connectivity index (χ2v) is 11.5. The van der Waals surface area contributed by atoms with Gasteiger partial charge in [-0.25, -0.2) is 4.79 Å². The molecule has 5 nitrogen and oxygen atoms in total. The van der Waals surface area contributed by atoms with Gasteiger partial charge in [-0.15, -0.1) is 4.72 Å². The minimum atomic E-state index is -1.17. The van der Waals surface area contributed by atoms with E-state index in [0.29, 0.717) is 13.1 Å². The highest BCUT2D eigenvalue weighted by Crippen LogP contribution is 2.52. The molecule has 26 heavy (non-hydrogen) atoms. The number of hydrogen-bond donors (Lipinski definition) is 1. The first kappa shape index (κ1) is 19.5. The van der Waals surface area contributed by atoms with Crippen molar-refractivity contribution in [3.8, 4) is 0 Å². The zero-order valence-electron chi connectivity index (χ0n) is 16.6. The van der Waals surface area contributed by atoms with Crippen LogP contribution in [-0.4, -0.2) is 39.0 Å². The number of benzene rings is 1. The van der Waals surface area contributed by atoms with Gasteiger partial charge in [-0.3, -0.25) is 0 Å². The lowest BCUT2D eigenvalue weighted by molar-refractivity contribution is -0.0421. The molecule has 1 spiro atoms. The summed E-state index contributed by atoms with van der Waals surface area (Å²) in [5.41, 5.74) is 1.87. The van der Waals surface area contributed by atoms with Crippen LogP contribution in [0.2, 0.25) is 0 Å². The second kappa shape index (κ2) is 6.43. The average Bonchev–Trinajstić information content (AvgIpc) is 2.77. The van der Waals surface area contributed by atoms with E-state index < -0.39 is 17.0 Å². The summed E-state index contributed by atoms with van der Waals surface area (Å²) in [5.74, 6) is 0. The smallest absolute Gasteiger partial charge is 0.410 e. The van der Waals surface area contributed by atoms with Crippen LogP contribution < -0.4 is 4.72 Å². The van der Waals surface area contributed by atoms with E-state index >= 15 is 0 Å². The molecule has 0 aromatic heterocycles. The maximum Gasteiger partial charge on any atom is 0.410 e. The maximum absolute atomic E-state index is 12.8. The molecule has 3 rings (SSSR count). The molecule has 1 heterocycles. The number of ether oxygens (including phenoxy) is 1. The number of nitrogens with zero attached hydrogens (tertiary/aromatic N) is 1. The van der Waals surface area contributed by atoms with Gasteiger partial charge in [0.05, 0.1) is 6.04 Å². The number of carbonyl (C=O) groups is 1. The Labute approximate surface area is 159 Å². The Hall–Kier alpha value is -1.24. The summed E-state index contributed by atoms with van der Waals surface area (Å²) in [4.78, 5) is 14.1. The quantitative estimate of drug-likeness (QED) is 0.799. The fourth-order valence-corrected chi connectivity index (χ4v) is 4.67. The van der Waals surface area contributed by atoms with E-state index in [0.717, 1.165) is 6.42 Å². The second-order valence-electron chi connectivity index (χ2n) is 9.51. The molecule has 144 valence electrons. The first-order valence-corrected chi connectivity index (χ1v) is 10.3. The Bertz CT molecular complexity index is 687. The molecule has 0 bridgehead atoms. The van der Waals surface area contributed by atoms with Crippen LogP contribution in [0.5, 0.6) is 0 Å². The van der Waals surface area contributed by atoms with Gasteiger partial charge in [0, 0.05) is 29.9 Å². The predicted octanol–water partition coefficient (Wildman–Crippen LogP) is 3.57.